The van der Waals surface area contributed by atoms with Crippen LogP contribution in [0.4, 0.5) is 8.78 Å². The van der Waals surface area contributed by atoms with Crippen molar-refractivity contribution in [3.05, 3.63) is 27.7 Å². The zero-order valence-corrected chi connectivity index (χ0v) is 13.0. The van der Waals surface area contributed by atoms with Gasteiger partial charge in [0.05, 0.1) is 16.6 Å². The maximum absolute atomic E-state index is 12.2. The minimum atomic E-state index is -4.22. The fourth-order valence-electron chi connectivity index (χ4n) is 1.38. The van der Waals surface area contributed by atoms with Gasteiger partial charge in [0.15, 0.2) is 0 Å². The fraction of sp³-hybridized carbons (Fsp3) is 0.300. The standard InChI is InChI=1S/C10H8Cl3F2NO3S/c1-16(4-8(14)15)10(17)5-2-6(11)9(12)7(3-5)20(13,18)19/h2-3,8H,4H2,1H3. The van der Waals surface area contributed by atoms with E-state index in [1.54, 1.807) is 0 Å². The van der Waals surface area contributed by atoms with Crippen LogP contribution in [0.25, 0.3) is 0 Å². The van der Waals surface area contributed by atoms with Gasteiger partial charge < -0.3 is 4.90 Å². The molecule has 0 aliphatic carbocycles. The van der Waals surface area contributed by atoms with Crippen molar-refractivity contribution in [3.63, 3.8) is 0 Å². The van der Waals surface area contributed by atoms with Crippen LogP contribution in [-0.4, -0.2) is 39.2 Å². The summed E-state index contributed by atoms with van der Waals surface area (Å²) in [6.07, 6.45) is -2.72. The highest BCUT2D eigenvalue weighted by atomic mass is 35.7. The molecule has 0 saturated heterocycles. The van der Waals surface area contributed by atoms with E-state index in [9.17, 15) is 22.0 Å². The van der Waals surface area contributed by atoms with Crippen LogP contribution in [0.1, 0.15) is 10.4 Å². The molecule has 0 unspecified atom stereocenters. The Morgan fingerprint density at radius 3 is 2.35 bits per heavy atom. The molecular formula is C10H8Cl3F2NO3S. The summed E-state index contributed by atoms with van der Waals surface area (Å²) < 4.78 is 47.0. The number of carbonyl (C=O) groups is 1. The first-order chi connectivity index (χ1) is 9.04. The topological polar surface area (TPSA) is 54.5 Å². The Morgan fingerprint density at radius 2 is 1.90 bits per heavy atom. The lowest BCUT2D eigenvalue weighted by Gasteiger charge is -2.17. The van der Waals surface area contributed by atoms with E-state index in [1.807, 2.05) is 0 Å². The molecule has 0 saturated carbocycles. The van der Waals surface area contributed by atoms with Gasteiger partial charge in [0, 0.05) is 23.3 Å². The van der Waals surface area contributed by atoms with Crippen LogP contribution in [0, 0.1) is 0 Å². The monoisotopic (exact) mass is 365 g/mol. The molecule has 0 spiro atoms. The first-order valence-electron chi connectivity index (χ1n) is 5.01. The number of alkyl halides is 2. The number of amides is 1. The Hall–Kier alpha value is -0.630. The predicted octanol–water partition coefficient (Wildman–Crippen LogP) is 3.26. The molecule has 1 aromatic carbocycles. The normalized spacial score (nSPS) is 11.8. The third kappa shape index (κ3) is 4.18. The molecule has 0 aliphatic heterocycles. The number of benzene rings is 1. The molecule has 0 bridgehead atoms. The smallest absolute Gasteiger partial charge is 0.262 e. The number of rotatable bonds is 4. The minimum absolute atomic E-state index is 0.207. The summed E-state index contributed by atoms with van der Waals surface area (Å²) in [5, 5.41) is -0.558. The van der Waals surface area contributed by atoms with Gasteiger partial charge in [0.25, 0.3) is 21.4 Å². The molecule has 0 heterocycles. The third-order valence-electron chi connectivity index (χ3n) is 2.26. The number of carbonyl (C=O) groups excluding carboxylic acids is 1. The second-order valence-corrected chi connectivity index (χ2v) is 7.10. The summed E-state index contributed by atoms with van der Waals surface area (Å²) in [4.78, 5) is 12.1. The van der Waals surface area contributed by atoms with E-state index in [0.29, 0.717) is 0 Å². The van der Waals surface area contributed by atoms with Crippen molar-refractivity contribution in [1.29, 1.82) is 0 Å². The summed E-state index contributed by atoms with van der Waals surface area (Å²) in [5.74, 6) is -0.828. The molecular weight excluding hydrogens is 359 g/mol. The third-order valence-corrected chi connectivity index (χ3v) is 4.52. The van der Waals surface area contributed by atoms with E-state index in [1.165, 1.54) is 0 Å². The van der Waals surface area contributed by atoms with Crippen molar-refractivity contribution in [2.24, 2.45) is 0 Å². The highest BCUT2D eigenvalue weighted by Crippen LogP contribution is 2.33. The quantitative estimate of drug-likeness (QED) is 0.769. The first-order valence-corrected chi connectivity index (χ1v) is 8.08. The van der Waals surface area contributed by atoms with Crippen molar-refractivity contribution >= 4 is 48.8 Å². The summed E-state index contributed by atoms with van der Waals surface area (Å²) in [6, 6.07) is 1.97. The zero-order chi connectivity index (χ0) is 15.7. The van der Waals surface area contributed by atoms with Gasteiger partial charge in [-0.05, 0) is 12.1 Å². The average Bonchev–Trinajstić information content (AvgIpc) is 2.29. The SMILES string of the molecule is CN(CC(F)F)C(=O)c1cc(Cl)c(Cl)c(S(=O)(=O)Cl)c1. The highest BCUT2D eigenvalue weighted by Gasteiger charge is 2.23. The molecule has 0 fully saturated rings. The van der Waals surface area contributed by atoms with Crippen molar-refractivity contribution in [2.75, 3.05) is 13.6 Å². The lowest BCUT2D eigenvalue weighted by atomic mass is 10.2. The molecule has 20 heavy (non-hydrogen) atoms. The number of hydrogen-bond acceptors (Lipinski definition) is 3. The molecule has 0 N–H and O–H groups in total. The zero-order valence-electron chi connectivity index (χ0n) is 9.91. The molecule has 0 aromatic heterocycles. The Labute approximate surface area is 128 Å². The first kappa shape index (κ1) is 17.4. The summed E-state index contributed by atoms with van der Waals surface area (Å²) in [6.45, 7) is -0.804. The molecule has 4 nitrogen and oxygen atoms in total. The Kier molecular flexibility index (Phi) is 5.60. The maximum Gasteiger partial charge on any atom is 0.262 e. The molecule has 1 amide bonds. The largest absolute Gasteiger partial charge is 0.336 e. The van der Waals surface area contributed by atoms with Gasteiger partial charge in [0.2, 0.25) is 0 Å². The predicted molar refractivity (Wildman–Crippen MR) is 72.5 cm³/mol. The van der Waals surface area contributed by atoms with Crippen LogP contribution >= 0.6 is 33.9 Å². The number of hydrogen-bond donors (Lipinski definition) is 0. The lowest BCUT2D eigenvalue weighted by Crippen LogP contribution is -2.31. The summed E-state index contributed by atoms with van der Waals surface area (Å²) in [7, 11) is 2.08. The van der Waals surface area contributed by atoms with Gasteiger partial charge >= 0.3 is 0 Å². The van der Waals surface area contributed by atoms with Gasteiger partial charge in [-0.15, -0.1) is 0 Å². The van der Waals surface area contributed by atoms with E-state index in [4.69, 9.17) is 33.9 Å². The molecule has 0 radical (unpaired) electrons. The van der Waals surface area contributed by atoms with Gasteiger partial charge in [-0.2, -0.15) is 0 Å². The Balaban J connectivity index is 3.28. The average molecular weight is 367 g/mol. The van der Waals surface area contributed by atoms with E-state index in [0.717, 1.165) is 24.1 Å². The number of halogens is 5. The van der Waals surface area contributed by atoms with Crippen molar-refractivity contribution in [3.8, 4) is 0 Å². The Morgan fingerprint density at radius 1 is 1.35 bits per heavy atom. The van der Waals surface area contributed by atoms with E-state index >= 15 is 0 Å². The Bertz CT molecular complexity index is 637. The van der Waals surface area contributed by atoms with Crippen LogP contribution in [0.15, 0.2) is 17.0 Å². The van der Waals surface area contributed by atoms with Crippen LogP contribution in [0.5, 0.6) is 0 Å². The van der Waals surface area contributed by atoms with Gasteiger partial charge in [-0.1, -0.05) is 23.2 Å². The molecule has 10 heteroatoms. The molecule has 0 aliphatic rings. The molecule has 1 rings (SSSR count). The van der Waals surface area contributed by atoms with Gasteiger partial charge in [-0.3, -0.25) is 4.79 Å². The van der Waals surface area contributed by atoms with Crippen LogP contribution in [0.3, 0.4) is 0 Å². The van der Waals surface area contributed by atoms with E-state index < -0.39 is 32.8 Å². The van der Waals surface area contributed by atoms with Crippen LogP contribution < -0.4 is 0 Å². The molecule has 112 valence electrons. The van der Waals surface area contributed by atoms with Crippen molar-refractivity contribution in [2.45, 2.75) is 11.3 Å². The van der Waals surface area contributed by atoms with E-state index in [2.05, 4.69) is 0 Å². The number of nitrogens with zero attached hydrogens (tertiary/aromatic N) is 1. The summed E-state index contributed by atoms with van der Waals surface area (Å²) in [5.41, 5.74) is -0.207. The molecule has 1 aromatic rings. The lowest BCUT2D eigenvalue weighted by molar-refractivity contribution is 0.0620. The second-order valence-electron chi connectivity index (χ2n) is 3.78. The van der Waals surface area contributed by atoms with Crippen molar-refractivity contribution in [1.82, 2.24) is 4.90 Å². The fourth-order valence-corrected chi connectivity index (χ4v) is 3.14. The second kappa shape index (κ2) is 6.43. The highest BCUT2D eigenvalue weighted by molar-refractivity contribution is 8.13. The van der Waals surface area contributed by atoms with Crippen LogP contribution in [-0.2, 0) is 9.05 Å². The minimum Gasteiger partial charge on any atom is -0.336 e. The van der Waals surface area contributed by atoms with Gasteiger partial charge in [-0.25, -0.2) is 17.2 Å². The van der Waals surface area contributed by atoms with Crippen LogP contribution in [0.2, 0.25) is 10.0 Å². The summed E-state index contributed by atoms with van der Waals surface area (Å²) >= 11 is 11.4. The van der Waals surface area contributed by atoms with E-state index in [-0.39, 0.29) is 15.6 Å². The van der Waals surface area contributed by atoms with Crippen molar-refractivity contribution < 1.29 is 22.0 Å². The maximum atomic E-state index is 12.2. The van der Waals surface area contributed by atoms with Gasteiger partial charge in [0.1, 0.15) is 4.90 Å². The molecule has 0 atom stereocenters.